The molecule has 0 saturated carbocycles. The monoisotopic (exact) mass is 475 g/mol. The minimum Gasteiger partial charge on any atom is -0.497 e. The number of hydrogen-bond donors (Lipinski definition) is 1. The normalized spacial score (nSPS) is 11.4. The zero-order chi connectivity index (χ0) is 23.9. The molecule has 0 saturated heterocycles. The van der Waals surface area contributed by atoms with Gasteiger partial charge in [-0.2, -0.15) is 28.6 Å². The first-order chi connectivity index (χ1) is 15.6. The summed E-state index contributed by atoms with van der Waals surface area (Å²) in [5.74, 6) is -0.467. The number of fused-ring (bicyclic) bond motifs is 1. The number of benzene rings is 1. The van der Waals surface area contributed by atoms with Crippen molar-refractivity contribution in [3.05, 3.63) is 58.5 Å². The lowest BCUT2D eigenvalue weighted by molar-refractivity contribution is -0.142. The number of rotatable bonds is 4. The number of halogens is 4. The number of aromatic nitrogens is 5. The van der Waals surface area contributed by atoms with Crippen LogP contribution in [0.4, 0.5) is 19.0 Å². The molecule has 0 aliphatic rings. The smallest absolute Gasteiger partial charge is 0.433 e. The molecule has 0 radical (unpaired) electrons. The second kappa shape index (κ2) is 8.10. The topological polar surface area (TPSA) is 110 Å². The van der Waals surface area contributed by atoms with Crippen molar-refractivity contribution in [3.63, 3.8) is 0 Å². The Morgan fingerprint density at radius 3 is 2.73 bits per heavy atom. The number of nitrogens with one attached hydrogen (secondary N) is 1. The predicted molar refractivity (Wildman–Crippen MR) is 111 cm³/mol. The van der Waals surface area contributed by atoms with Crippen LogP contribution in [0.3, 0.4) is 0 Å². The van der Waals surface area contributed by atoms with Crippen molar-refractivity contribution in [1.29, 1.82) is 5.26 Å². The molecule has 0 atom stereocenters. The van der Waals surface area contributed by atoms with Gasteiger partial charge in [-0.1, -0.05) is 23.7 Å². The van der Waals surface area contributed by atoms with Gasteiger partial charge in [0.25, 0.3) is 5.91 Å². The minimum absolute atomic E-state index is 0.0386. The second-order valence-corrected chi connectivity index (χ2v) is 7.13. The molecule has 1 aromatic carbocycles. The summed E-state index contributed by atoms with van der Waals surface area (Å²) in [7, 11) is 2.90. The first kappa shape index (κ1) is 22.1. The molecule has 0 bridgehead atoms. The molecule has 168 valence electrons. The molecule has 1 amide bonds. The molecule has 0 aliphatic carbocycles. The SMILES string of the molecule is COc1cccc(-c2cc(C(F)(F)F)n3nc(C(=O)Nc4c(C#N)cnn4C)c(Cl)c3n2)c1. The van der Waals surface area contributed by atoms with Crippen LogP contribution in [-0.4, -0.2) is 37.4 Å². The van der Waals surface area contributed by atoms with Gasteiger partial charge in [0.1, 0.15) is 28.2 Å². The van der Waals surface area contributed by atoms with E-state index in [0.717, 1.165) is 6.07 Å². The standard InChI is InChI=1S/C20H13ClF3N7O2/c1-30-17(11(8-25)9-26-30)28-19(32)16-15(21)18-27-13(10-4-3-5-12(6-10)33-2)7-14(20(22,23)24)31(18)29-16/h3-7,9H,1-2H3,(H,28,32). The number of nitriles is 1. The van der Waals surface area contributed by atoms with Crippen molar-refractivity contribution in [3.8, 4) is 23.1 Å². The van der Waals surface area contributed by atoms with Gasteiger partial charge in [0.2, 0.25) is 0 Å². The molecular weight excluding hydrogens is 463 g/mol. The van der Waals surface area contributed by atoms with Gasteiger partial charge in [0.05, 0.1) is 19.0 Å². The van der Waals surface area contributed by atoms with Gasteiger partial charge in [0.15, 0.2) is 17.0 Å². The van der Waals surface area contributed by atoms with E-state index < -0.39 is 23.5 Å². The first-order valence-electron chi connectivity index (χ1n) is 9.18. The van der Waals surface area contributed by atoms with Crippen LogP contribution in [0.25, 0.3) is 16.9 Å². The Morgan fingerprint density at radius 2 is 2.06 bits per heavy atom. The van der Waals surface area contributed by atoms with E-state index in [1.165, 1.54) is 31.1 Å². The molecule has 0 unspecified atom stereocenters. The lowest BCUT2D eigenvalue weighted by Crippen LogP contribution is -2.17. The Hall–Kier alpha value is -4.11. The Morgan fingerprint density at radius 1 is 1.30 bits per heavy atom. The molecular formula is C20H13ClF3N7O2. The zero-order valence-electron chi connectivity index (χ0n) is 17.0. The van der Waals surface area contributed by atoms with Gasteiger partial charge < -0.3 is 10.1 Å². The Kier molecular flexibility index (Phi) is 5.43. The molecule has 3 heterocycles. The summed E-state index contributed by atoms with van der Waals surface area (Å²) >= 11 is 6.26. The zero-order valence-corrected chi connectivity index (χ0v) is 17.7. The van der Waals surface area contributed by atoms with Gasteiger partial charge >= 0.3 is 6.18 Å². The number of nitrogens with zero attached hydrogens (tertiary/aromatic N) is 6. The molecule has 4 rings (SSSR count). The fraction of sp³-hybridized carbons (Fsp3) is 0.150. The van der Waals surface area contributed by atoms with Gasteiger partial charge in [-0.3, -0.25) is 9.48 Å². The summed E-state index contributed by atoms with van der Waals surface area (Å²) in [5, 5.41) is 18.8. The van der Waals surface area contributed by atoms with Crippen molar-refractivity contribution in [2.24, 2.45) is 7.05 Å². The maximum atomic E-state index is 13.9. The second-order valence-electron chi connectivity index (χ2n) is 6.75. The van der Waals surface area contributed by atoms with E-state index in [2.05, 4.69) is 20.5 Å². The van der Waals surface area contributed by atoms with Crippen LogP contribution in [0.15, 0.2) is 36.5 Å². The van der Waals surface area contributed by atoms with E-state index in [9.17, 15) is 18.0 Å². The van der Waals surface area contributed by atoms with Crippen LogP contribution in [-0.2, 0) is 13.2 Å². The quantitative estimate of drug-likeness (QED) is 0.479. The molecule has 1 N–H and O–H groups in total. The lowest BCUT2D eigenvalue weighted by atomic mass is 10.1. The fourth-order valence-electron chi connectivity index (χ4n) is 3.10. The third-order valence-corrected chi connectivity index (χ3v) is 5.04. The number of amides is 1. The van der Waals surface area contributed by atoms with Crippen LogP contribution >= 0.6 is 11.6 Å². The largest absolute Gasteiger partial charge is 0.497 e. The van der Waals surface area contributed by atoms with E-state index in [-0.39, 0.29) is 27.7 Å². The summed E-state index contributed by atoms with van der Waals surface area (Å²) in [4.78, 5) is 17.0. The van der Waals surface area contributed by atoms with Crippen molar-refractivity contribution in [1.82, 2.24) is 24.4 Å². The molecule has 0 aliphatic heterocycles. The van der Waals surface area contributed by atoms with Crippen LogP contribution in [0.1, 0.15) is 21.7 Å². The van der Waals surface area contributed by atoms with E-state index >= 15 is 0 Å². The number of anilines is 1. The molecule has 3 aromatic heterocycles. The number of aryl methyl sites for hydroxylation is 1. The maximum absolute atomic E-state index is 13.9. The number of methoxy groups -OCH3 is 1. The van der Waals surface area contributed by atoms with E-state index in [1.807, 2.05) is 6.07 Å². The highest BCUT2D eigenvalue weighted by Gasteiger charge is 2.37. The van der Waals surface area contributed by atoms with Crippen LogP contribution < -0.4 is 10.1 Å². The lowest BCUT2D eigenvalue weighted by Gasteiger charge is -2.11. The highest BCUT2D eigenvalue weighted by atomic mass is 35.5. The number of carbonyl (C=O) groups excluding carboxylic acids is 1. The number of carbonyl (C=O) groups is 1. The Bertz CT molecular complexity index is 1440. The molecule has 9 nitrogen and oxygen atoms in total. The van der Waals surface area contributed by atoms with Crippen LogP contribution in [0.5, 0.6) is 5.75 Å². The average molecular weight is 476 g/mol. The Labute approximate surface area is 189 Å². The predicted octanol–water partition coefficient (Wildman–Crippen LogP) is 3.93. The summed E-state index contributed by atoms with van der Waals surface area (Å²) in [6.45, 7) is 0. The van der Waals surface area contributed by atoms with Gasteiger partial charge in [0, 0.05) is 12.6 Å². The highest BCUT2D eigenvalue weighted by Crippen LogP contribution is 2.35. The van der Waals surface area contributed by atoms with Crippen LogP contribution in [0.2, 0.25) is 5.02 Å². The van der Waals surface area contributed by atoms with Gasteiger partial charge in [-0.15, -0.1) is 0 Å². The average Bonchev–Trinajstić information content (AvgIpc) is 3.31. The summed E-state index contributed by atoms with van der Waals surface area (Å²) in [6, 6.07) is 8.97. The van der Waals surface area contributed by atoms with Crippen molar-refractivity contribution >= 4 is 29.0 Å². The number of alkyl halides is 3. The Balaban J connectivity index is 1.87. The first-order valence-corrected chi connectivity index (χ1v) is 9.56. The van der Waals surface area contributed by atoms with Crippen molar-refractivity contribution in [2.45, 2.75) is 6.18 Å². The van der Waals surface area contributed by atoms with E-state index in [0.29, 0.717) is 15.8 Å². The third-order valence-electron chi connectivity index (χ3n) is 4.69. The molecule has 0 spiro atoms. The van der Waals surface area contributed by atoms with E-state index in [4.69, 9.17) is 21.6 Å². The number of hydrogen-bond acceptors (Lipinski definition) is 6. The fourth-order valence-corrected chi connectivity index (χ4v) is 3.35. The van der Waals surface area contributed by atoms with E-state index in [1.54, 1.807) is 18.2 Å². The van der Waals surface area contributed by atoms with Crippen LogP contribution in [0, 0.1) is 11.3 Å². The molecule has 0 fully saturated rings. The van der Waals surface area contributed by atoms with Crippen molar-refractivity contribution in [2.75, 3.05) is 12.4 Å². The molecule has 13 heteroatoms. The van der Waals surface area contributed by atoms with Crippen molar-refractivity contribution < 1.29 is 22.7 Å². The van der Waals surface area contributed by atoms with Gasteiger partial charge in [-0.25, -0.2) is 9.50 Å². The summed E-state index contributed by atoms with van der Waals surface area (Å²) < 4.78 is 48.4. The molecule has 4 aromatic rings. The summed E-state index contributed by atoms with van der Waals surface area (Å²) in [5.41, 5.74) is -1.67. The minimum atomic E-state index is -4.83. The maximum Gasteiger partial charge on any atom is 0.433 e. The van der Waals surface area contributed by atoms with Gasteiger partial charge in [-0.05, 0) is 18.2 Å². The number of ether oxygens (including phenoxy) is 1. The third kappa shape index (κ3) is 3.94. The molecule has 33 heavy (non-hydrogen) atoms. The highest BCUT2D eigenvalue weighted by molar-refractivity contribution is 6.37. The summed E-state index contributed by atoms with van der Waals surface area (Å²) in [6.07, 6.45) is -3.60.